The smallest absolute Gasteiger partial charge is 0 e. The molecule has 0 N–H and O–H groups in total. The molecule has 0 spiro atoms. The summed E-state index contributed by atoms with van der Waals surface area (Å²) in [4.78, 5) is 15.0. The van der Waals surface area contributed by atoms with Crippen molar-refractivity contribution in [1.82, 2.24) is 19.5 Å². The summed E-state index contributed by atoms with van der Waals surface area (Å²) in [5, 5.41) is 1.94. The number of hydrogen-bond acceptors (Lipinski definition) is 4. The molecule has 0 atom stereocenters. The predicted octanol–water partition coefficient (Wildman–Crippen LogP) is 16.4. The Morgan fingerprint density at radius 2 is 1.24 bits per heavy atom. The Hall–Kier alpha value is -6.70. The standard InChI is InChI=1S/C46H34N3O.C18H24GeN.Ir/c1-46(2,3)33-28-37(30-16-7-4-8-17-30)42(38(29-33)31-18-9-5-10-19-31)49-41-25-14-13-24-40(41)47-44(49)36-23-15-22-34-35-26-27-39(32-20-11-6-12-21-32)48-45(35)50-43(34)36;1-14(2)11-16-12-18(15-9-7-6-8-10-15)20-13-17(16)19(3,4)5;/h4-22,24-29H,1-3H3;6-9,12-14H,11H2,1-5H3;/q2*-1;. The van der Waals surface area contributed by atoms with Crippen LogP contribution in [0, 0.1) is 18.1 Å². The number of imidazole rings is 1. The largest absolute Gasteiger partial charge is 0 e. The molecule has 11 rings (SSSR count). The number of rotatable bonds is 9. The van der Waals surface area contributed by atoms with Gasteiger partial charge in [-0.2, -0.15) is 0 Å². The van der Waals surface area contributed by atoms with E-state index in [-0.39, 0.29) is 25.5 Å². The van der Waals surface area contributed by atoms with Crippen LogP contribution in [0.2, 0.25) is 17.3 Å². The number of pyridine rings is 2. The van der Waals surface area contributed by atoms with Gasteiger partial charge in [0.25, 0.3) is 0 Å². The summed E-state index contributed by atoms with van der Waals surface area (Å²) < 4.78 is 10.5. The maximum absolute atomic E-state index is 6.68. The molecule has 4 heterocycles. The van der Waals surface area contributed by atoms with E-state index in [9.17, 15) is 0 Å². The molecular weight excluding hydrogens is 1110 g/mol. The quantitative estimate of drug-likeness (QED) is 0.107. The van der Waals surface area contributed by atoms with E-state index in [1.54, 1.807) is 4.40 Å². The minimum absolute atomic E-state index is 0. The van der Waals surface area contributed by atoms with Gasteiger partial charge in [-0.15, -0.1) is 18.2 Å². The van der Waals surface area contributed by atoms with Crippen molar-refractivity contribution in [3.05, 3.63) is 211 Å². The number of para-hydroxylation sites is 2. The molecule has 5 nitrogen and oxygen atoms in total. The van der Waals surface area contributed by atoms with Gasteiger partial charge in [0.1, 0.15) is 0 Å². The molecule has 7 aromatic carbocycles. The molecule has 0 aliphatic heterocycles. The molecule has 355 valence electrons. The van der Waals surface area contributed by atoms with Crippen LogP contribution in [0.15, 0.2) is 193 Å². The van der Waals surface area contributed by atoms with Gasteiger partial charge in [0.05, 0.1) is 33.8 Å². The van der Waals surface area contributed by atoms with Gasteiger partial charge in [-0.05, 0) is 58.5 Å². The fourth-order valence-corrected chi connectivity index (χ4v) is 12.8. The molecule has 11 aromatic rings. The molecule has 0 amide bonds. The van der Waals surface area contributed by atoms with Crippen molar-refractivity contribution in [2.24, 2.45) is 5.92 Å². The number of furan rings is 1. The Labute approximate surface area is 434 Å². The molecule has 1 radical (unpaired) electrons. The van der Waals surface area contributed by atoms with E-state index in [0.29, 0.717) is 17.2 Å². The van der Waals surface area contributed by atoms with E-state index in [1.807, 2.05) is 48.5 Å². The van der Waals surface area contributed by atoms with Crippen LogP contribution in [0.25, 0.3) is 94.9 Å². The van der Waals surface area contributed by atoms with Crippen LogP contribution in [0.4, 0.5) is 0 Å². The number of nitrogens with zero attached hydrogens (tertiary/aromatic N) is 4. The summed E-state index contributed by atoms with van der Waals surface area (Å²) in [5.74, 6) is 8.75. The maximum Gasteiger partial charge on any atom is 0 e. The van der Waals surface area contributed by atoms with Gasteiger partial charge < -0.3 is 8.98 Å². The first-order valence-corrected chi connectivity index (χ1v) is 31.7. The zero-order valence-electron chi connectivity index (χ0n) is 41.7. The first-order valence-electron chi connectivity index (χ1n) is 24.4. The molecule has 0 saturated carbocycles. The van der Waals surface area contributed by atoms with Gasteiger partial charge in [0.2, 0.25) is 5.71 Å². The van der Waals surface area contributed by atoms with Crippen molar-refractivity contribution in [1.29, 1.82) is 0 Å². The van der Waals surface area contributed by atoms with E-state index in [4.69, 9.17) is 19.4 Å². The molecule has 0 aliphatic rings. The zero-order chi connectivity index (χ0) is 48.6. The van der Waals surface area contributed by atoms with Crippen molar-refractivity contribution in [3.8, 4) is 61.8 Å². The van der Waals surface area contributed by atoms with Gasteiger partial charge in [-0.1, -0.05) is 135 Å². The van der Waals surface area contributed by atoms with Crippen LogP contribution in [0.3, 0.4) is 0 Å². The van der Waals surface area contributed by atoms with Gasteiger partial charge in [-0.3, -0.25) is 4.98 Å². The Balaban J connectivity index is 0.000000251. The third kappa shape index (κ3) is 10.3. The molecule has 71 heavy (non-hydrogen) atoms. The van der Waals surface area contributed by atoms with Crippen molar-refractivity contribution in [2.45, 2.75) is 63.7 Å². The van der Waals surface area contributed by atoms with Crippen molar-refractivity contribution >= 4 is 50.8 Å². The monoisotopic (exact) mass is 1170 g/mol. The van der Waals surface area contributed by atoms with Crippen LogP contribution in [-0.2, 0) is 31.9 Å². The van der Waals surface area contributed by atoms with Crippen molar-refractivity contribution in [3.63, 3.8) is 0 Å². The number of fused-ring (bicyclic) bond motifs is 4. The summed E-state index contributed by atoms with van der Waals surface area (Å²) in [6, 6.07) is 70.0. The van der Waals surface area contributed by atoms with Crippen LogP contribution in [0.5, 0.6) is 0 Å². The number of hydrogen-bond donors (Lipinski definition) is 0. The second-order valence-corrected chi connectivity index (χ2v) is 31.2. The second kappa shape index (κ2) is 20.6. The van der Waals surface area contributed by atoms with Gasteiger partial charge in [0.15, 0.2) is 0 Å². The molecular formula is C64H58GeIrN4O-2. The van der Waals surface area contributed by atoms with E-state index in [0.717, 1.165) is 90.1 Å². The molecule has 0 bridgehead atoms. The molecule has 0 fully saturated rings. The summed E-state index contributed by atoms with van der Waals surface area (Å²) in [6.45, 7) is 11.4. The van der Waals surface area contributed by atoms with Crippen molar-refractivity contribution < 1.29 is 24.5 Å². The predicted molar refractivity (Wildman–Crippen MR) is 295 cm³/mol. The number of benzene rings is 7. The van der Waals surface area contributed by atoms with E-state index >= 15 is 0 Å². The molecule has 0 saturated heterocycles. The SMILES string of the molecule is CC(C)(C)c1cc(-c2ccccc2)c(-n2c(-c3[c-]ccc4c3oc3nc(-c5ccccc5)ccc34)nc3ccccc32)c(-c2ccccc2)c1.CC(C)Cc1cc(-c2[c-]cccc2)nc[c]1[Ge]([CH3])([CH3])[CH3].[Ir]. The summed E-state index contributed by atoms with van der Waals surface area (Å²) >= 11 is -1.86. The Bertz CT molecular complexity index is 3550. The Morgan fingerprint density at radius 1 is 0.620 bits per heavy atom. The van der Waals surface area contributed by atoms with E-state index in [1.165, 1.54) is 11.1 Å². The molecule has 0 unspecified atom stereocenters. The first kappa shape index (κ1) is 49.3. The van der Waals surface area contributed by atoms with Gasteiger partial charge in [-0.25, -0.2) is 4.98 Å². The van der Waals surface area contributed by atoms with Crippen LogP contribution < -0.4 is 4.40 Å². The summed E-state index contributed by atoms with van der Waals surface area (Å²) in [7, 11) is 0. The minimum atomic E-state index is -1.86. The second-order valence-electron chi connectivity index (χ2n) is 20.6. The molecule has 4 aromatic heterocycles. The molecule has 7 heteroatoms. The third-order valence-electron chi connectivity index (χ3n) is 12.9. The minimum Gasteiger partial charge on any atom is 0 e. The Kier molecular flexibility index (Phi) is 14.3. The fourth-order valence-electron chi connectivity index (χ4n) is 9.44. The van der Waals surface area contributed by atoms with Gasteiger partial charge in [0, 0.05) is 42.2 Å². The van der Waals surface area contributed by atoms with Crippen molar-refractivity contribution in [2.75, 3.05) is 0 Å². The molecule has 0 aliphatic carbocycles. The van der Waals surface area contributed by atoms with Crippen LogP contribution in [-0.4, -0.2) is 32.8 Å². The maximum atomic E-state index is 6.68. The summed E-state index contributed by atoms with van der Waals surface area (Å²) in [6.07, 6.45) is 3.27. The van der Waals surface area contributed by atoms with Crippen LogP contribution >= 0.6 is 0 Å². The average molecular weight is 1160 g/mol. The fraction of sp³-hybridized carbons (Fsp3) is 0.172. The summed E-state index contributed by atoms with van der Waals surface area (Å²) in [5.41, 5.74) is 16.3. The normalized spacial score (nSPS) is 11.7. The third-order valence-corrected chi connectivity index (χ3v) is 17.3. The van der Waals surface area contributed by atoms with E-state index in [2.05, 4.69) is 208 Å². The number of aromatic nitrogens is 4. The van der Waals surface area contributed by atoms with Gasteiger partial charge >= 0.3 is 126 Å². The average Bonchev–Trinajstić information content (AvgIpc) is 3.95. The van der Waals surface area contributed by atoms with E-state index < -0.39 is 13.3 Å². The van der Waals surface area contributed by atoms with Crippen LogP contribution in [0.1, 0.15) is 45.7 Å². The Morgan fingerprint density at radius 3 is 1.85 bits per heavy atom. The first-order chi connectivity index (χ1) is 33.8. The zero-order valence-corrected chi connectivity index (χ0v) is 46.2. The topological polar surface area (TPSA) is 56.7 Å².